The molecule has 0 N–H and O–H groups in total. The number of ketones is 1. The molecule has 1 aliphatic carbocycles. The van der Waals surface area contributed by atoms with Crippen LogP contribution in [0.15, 0.2) is 30.5 Å². The molecule has 4 heteroatoms. The Morgan fingerprint density at radius 2 is 2.10 bits per heavy atom. The van der Waals surface area contributed by atoms with Gasteiger partial charge >= 0.3 is 0 Å². The van der Waals surface area contributed by atoms with Crippen molar-refractivity contribution in [3.63, 3.8) is 0 Å². The summed E-state index contributed by atoms with van der Waals surface area (Å²) in [5, 5.41) is 5.24. The predicted octanol–water partition coefficient (Wildman–Crippen LogP) is 4.39. The van der Waals surface area contributed by atoms with Crippen molar-refractivity contribution in [1.82, 2.24) is 9.78 Å². The van der Waals surface area contributed by atoms with E-state index in [1.807, 2.05) is 29.9 Å². The van der Waals surface area contributed by atoms with Crippen LogP contribution in [0.5, 0.6) is 0 Å². The van der Waals surface area contributed by atoms with Crippen LogP contribution in [0.4, 0.5) is 0 Å². The van der Waals surface area contributed by atoms with E-state index in [2.05, 4.69) is 5.10 Å². The zero-order valence-electron chi connectivity index (χ0n) is 12.2. The van der Waals surface area contributed by atoms with Crippen LogP contribution in [-0.4, -0.2) is 15.6 Å². The summed E-state index contributed by atoms with van der Waals surface area (Å²) in [6, 6.07) is 7.87. The van der Waals surface area contributed by atoms with Crippen molar-refractivity contribution in [2.75, 3.05) is 0 Å². The minimum atomic E-state index is 0.0980. The van der Waals surface area contributed by atoms with E-state index in [-0.39, 0.29) is 5.78 Å². The van der Waals surface area contributed by atoms with Gasteiger partial charge < -0.3 is 0 Å². The third-order valence-corrected chi connectivity index (χ3v) is 4.43. The van der Waals surface area contributed by atoms with Crippen LogP contribution in [0.25, 0.3) is 0 Å². The van der Waals surface area contributed by atoms with Gasteiger partial charge in [0.25, 0.3) is 0 Å². The Balaban J connectivity index is 1.72. The SMILES string of the molecule is Cc1cc(Cl)ccc1C(=O)Cc1ccn(C2CCCC2)n1. The van der Waals surface area contributed by atoms with Gasteiger partial charge in [0.05, 0.1) is 18.2 Å². The highest BCUT2D eigenvalue weighted by molar-refractivity contribution is 6.30. The molecule has 0 aliphatic heterocycles. The molecule has 1 heterocycles. The van der Waals surface area contributed by atoms with Gasteiger partial charge in [0.15, 0.2) is 5.78 Å². The molecule has 0 saturated heterocycles. The number of benzene rings is 1. The predicted molar refractivity (Wildman–Crippen MR) is 84.0 cm³/mol. The Labute approximate surface area is 129 Å². The molecule has 0 bridgehead atoms. The topological polar surface area (TPSA) is 34.9 Å². The first-order valence-electron chi connectivity index (χ1n) is 7.47. The van der Waals surface area contributed by atoms with Crippen LogP contribution in [-0.2, 0) is 6.42 Å². The molecular formula is C17H19ClN2O. The number of aromatic nitrogens is 2. The molecule has 0 radical (unpaired) electrons. The average Bonchev–Trinajstić information content (AvgIpc) is 3.08. The van der Waals surface area contributed by atoms with Crippen molar-refractivity contribution in [3.8, 4) is 0 Å². The van der Waals surface area contributed by atoms with E-state index in [1.165, 1.54) is 25.7 Å². The number of halogens is 1. The van der Waals surface area contributed by atoms with E-state index in [4.69, 9.17) is 11.6 Å². The molecule has 1 aromatic carbocycles. The molecule has 110 valence electrons. The number of hydrogen-bond donors (Lipinski definition) is 0. The fourth-order valence-electron chi connectivity index (χ4n) is 3.04. The zero-order valence-corrected chi connectivity index (χ0v) is 12.9. The first-order chi connectivity index (χ1) is 10.1. The van der Waals surface area contributed by atoms with Crippen LogP contribution in [0.2, 0.25) is 5.02 Å². The van der Waals surface area contributed by atoms with Gasteiger partial charge in [0.1, 0.15) is 0 Å². The van der Waals surface area contributed by atoms with E-state index in [0.717, 1.165) is 16.8 Å². The molecule has 3 nitrogen and oxygen atoms in total. The fourth-order valence-corrected chi connectivity index (χ4v) is 3.27. The molecular weight excluding hydrogens is 284 g/mol. The number of carbonyl (C=O) groups excluding carboxylic acids is 1. The highest BCUT2D eigenvalue weighted by Crippen LogP contribution is 2.28. The average molecular weight is 303 g/mol. The number of nitrogens with zero attached hydrogens (tertiary/aromatic N) is 2. The van der Waals surface area contributed by atoms with E-state index in [0.29, 0.717) is 17.5 Å². The molecule has 3 rings (SSSR count). The third kappa shape index (κ3) is 3.18. The van der Waals surface area contributed by atoms with Crippen LogP contribution < -0.4 is 0 Å². The Hall–Kier alpha value is -1.61. The normalized spacial score (nSPS) is 15.5. The molecule has 0 spiro atoms. The number of rotatable bonds is 4. The summed E-state index contributed by atoms with van der Waals surface area (Å²) in [7, 11) is 0. The summed E-state index contributed by atoms with van der Waals surface area (Å²) < 4.78 is 2.03. The second kappa shape index (κ2) is 6.02. The van der Waals surface area contributed by atoms with Gasteiger partial charge in [0.2, 0.25) is 0 Å². The lowest BCUT2D eigenvalue weighted by molar-refractivity contribution is 0.0991. The second-order valence-corrected chi connectivity index (χ2v) is 6.22. The summed E-state index contributed by atoms with van der Waals surface area (Å²) in [6.07, 6.45) is 7.32. The molecule has 2 aromatic rings. The van der Waals surface area contributed by atoms with E-state index in [9.17, 15) is 4.79 Å². The maximum atomic E-state index is 12.4. The minimum absolute atomic E-state index is 0.0980. The highest BCUT2D eigenvalue weighted by atomic mass is 35.5. The summed E-state index contributed by atoms with van der Waals surface area (Å²) in [5.41, 5.74) is 2.50. The van der Waals surface area contributed by atoms with Gasteiger partial charge in [-0.05, 0) is 49.6 Å². The van der Waals surface area contributed by atoms with E-state index < -0.39 is 0 Å². The standard InChI is InChI=1S/C17H19ClN2O/c1-12-10-13(18)6-7-16(12)17(21)11-14-8-9-20(19-14)15-4-2-3-5-15/h6-10,15H,2-5,11H2,1H3. The summed E-state index contributed by atoms with van der Waals surface area (Å²) in [5.74, 6) is 0.0980. The van der Waals surface area contributed by atoms with Crippen molar-refractivity contribution in [1.29, 1.82) is 0 Å². The lowest BCUT2D eigenvalue weighted by Gasteiger charge is -2.09. The van der Waals surface area contributed by atoms with Gasteiger partial charge in [0, 0.05) is 16.8 Å². The summed E-state index contributed by atoms with van der Waals surface area (Å²) in [6.45, 7) is 1.91. The maximum absolute atomic E-state index is 12.4. The number of carbonyl (C=O) groups is 1. The molecule has 1 aromatic heterocycles. The smallest absolute Gasteiger partial charge is 0.169 e. The van der Waals surface area contributed by atoms with Gasteiger partial charge in [-0.25, -0.2) is 0 Å². The summed E-state index contributed by atoms with van der Waals surface area (Å²) in [4.78, 5) is 12.4. The van der Waals surface area contributed by atoms with Gasteiger partial charge in [-0.15, -0.1) is 0 Å². The van der Waals surface area contributed by atoms with Crippen molar-refractivity contribution in [2.45, 2.75) is 45.1 Å². The summed E-state index contributed by atoms with van der Waals surface area (Å²) >= 11 is 5.93. The van der Waals surface area contributed by atoms with Gasteiger partial charge in [-0.2, -0.15) is 5.10 Å². The molecule has 0 unspecified atom stereocenters. The Bertz CT molecular complexity index is 657. The van der Waals surface area contributed by atoms with Crippen LogP contribution in [0.3, 0.4) is 0 Å². The zero-order chi connectivity index (χ0) is 14.8. The highest BCUT2D eigenvalue weighted by Gasteiger charge is 2.18. The molecule has 1 fully saturated rings. The minimum Gasteiger partial charge on any atom is -0.294 e. The maximum Gasteiger partial charge on any atom is 0.169 e. The second-order valence-electron chi connectivity index (χ2n) is 5.78. The quantitative estimate of drug-likeness (QED) is 0.785. The fraction of sp³-hybridized carbons (Fsp3) is 0.412. The van der Waals surface area contributed by atoms with Crippen LogP contribution in [0, 0.1) is 6.92 Å². The number of aryl methyl sites for hydroxylation is 1. The molecule has 0 amide bonds. The van der Waals surface area contributed by atoms with Gasteiger partial charge in [-0.3, -0.25) is 9.48 Å². The Morgan fingerprint density at radius 3 is 2.81 bits per heavy atom. The number of Topliss-reactive ketones (excluding diaryl/α,β-unsaturated/α-hetero) is 1. The first kappa shape index (κ1) is 14.3. The monoisotopic (exact) mass is 302 g/mol. The first-order valence-corrected chi connectivity index (χ1v) is 7.84. The Kier molecular flexibility index (Phi) is 4.11. The van der Waals surface area contributed by atoms with Crippen molar-refractivity contribution in [3.05, 3.63) is 52.3 Å². The van der Waals surface area contributed by atoms with E-state index in [1.54, 1.807) is 12.1 Å². The van der Waals surface area contributed by atoms with Crippen LogP contribution >= 0.6 is 11.6 Å². The van der Waals surface area contributed by atoms with E-state index >= 15 is 0 Å². The molecule has 1 aliphatic rings. The molecule has 1 saturated carbocycles. The van der Waals surface area contributed by atoms with Crippen molar-refractivity contribution >= 4 is 17.4 Å². The van der Waals surface area contributed by atoms with Crippen molar-refractivity contribution in [2.24, 2.45) is 0 Å². The lowest BCUT2D eigenvalue weighted by Crippen LogP contribution is -2.09. The third-order valence-electron chi connectivity index (χ3n) is 4.19. The Morgan fingerprint density at radius 1 is 1.33 bits per heavy atom. The largest absolute Gasteiger partial charge is 0.294 e. The van der Waals surface area contributed by atoms with Crippen LogP contribution in [0.1, 0.15) is 53.3 Å². The van der Waals surface area contributed by atoms with Gasteiger partial charge in [-0.1, -0.05) is 24.4 Å². The number of hydrogen-bond acceptors (Lipinski definition) is 2. The molecule has 21 heavy (non-hydrogen) atoms. The van der Waals surface area contributed by atoms with Crippen molar-refractivity contribution < 1.29 is 4.79 Å². The molecule has 0 atom stereocenters. The lowest BCUT2D eigenvalue weighted by atomic mass is 10.0.